The Bertz CT molecular complexity index is 484. The summed E-state index contributed by atoms with van der Waals surface area (Å²) in [6.07, 6.45) is 12.2. The number of fused-ring (bicyclic) bond motifs is 1. The molecule has 3 aliphatic carbocycles. The van der Waals surface area contributed by atoms with Crippen molar-refractivity contribution in [3.05, 3.63) is 11.6 Å². The van der Waals surface area contributed by atoms with E-state index in [9.17, 15) is 4.79 Å². The van der Waals surface area contributed by atoms with E-state index in [4.69, 9.17) is 10.5 Å². The van der Waals surface area contributed by atoms with Crippen molar-refractivity contribution >= 4 is 5.97 Å². The molecular weight excluding hydrogens is 286 g/mol. The van der Waals surface area contributed by atoms with Crippen LogP contribution in [0.1, 0.15) is 72.1 Å². The Hall–Kier alpha value is -0.830. The molecule has 130 valence electrons. The van der Waals surface area contributed by atoms with Crippen molar-refractivity contribution in [2.75, 3.05) is 6.54 Å². The minimum atomic E-state index is -0.408. The average molecular weight is 319 g/mol. The van der Waals surface area contributed by atoms with Crippen LogP contribution in [-0.4, -0.2) is 18.1 Å². The van der Waals surface area contributed by atoms with Crippen molar-refractivity contribution in [2.45, 2.75) is 77.7 Å². The Morgan fingerprint density at radius 1 is 1.35 bits per heavy atom. The fourth-order valence-corrected chi connectivity index (χ4v) is 5.18. The van der Waals surface area contributed by atoms with Crippen LogP contribution in [0.4, 0.5) is 0 Å². The lowest BCUT2D eigenvalue weighted by Gasteiger charge is -2.51. The fraction of sp³-hybridized carbons (Fsp3) is 0.850. The molecule has 0 radical (unpaired) electrons. The smallest absolute Gasteiger partial charge is 0.306 e. The summed E-state index contributed by atoms with van der Waals surface area (Å²) in [6.45, 7) is 6.39. The second-order valence-electron chi connectivity index (χ2n) is 9.20. The van der Waals surface area contributed by atoms with Crippen molar-refractivity contribution in [3.8, 4) is 0 Å². The number of rotatable bonds is 5. The van der Waals surface area contributed by atoms with Gasteiger partial charge in [-0.1, -0.05) is 37.3 Å². The van der Waals surface area contributed by atoms with Crippen LogP contribution in [-0.2, 0) is 9.53 Å². The lowest BCUT2D eigenvalue weighted by Crippen LogP contribution is -2.51. The van der Waals surface area contributed by atoms with Crippen LogP contribution < -0.4 is 5.73 Å². The van der Waals surface area contributed by atoms with Crippen LogP contribution in [0.15, 0.2) is 11.6 Å². The maximum absolute atomic E-state index is 12.3. The van der Waals surface area contributed by atoms with Crippen molar-refractivity contribution in [1.82, 2.24) is 0 Å². The molecule has 23 heavy (non-hydrogen) atoms. The molecule has 0 amide bonds. The molecular formula is C20H33NO2. The molecule has 2 N–H and O–H groups in total. The number of allylic oxidation sites excluding steroid dienone is 2. The molecule has 2 saturated carbocycles. The molecule has 0 aromatic carbocycles. The predicted octanol–water partition coefficient (Wildman–Crippen LogP) is 4.21. The third kappa shape index (κ3) is 3.65. The third-order valence-corrected chi connectivity index (χ3v) is 6.17. The van der Waals surface area contributed by atoms with Gasteiger partial charge in [-0.3, -0.25) is 4.79 Å². The Labute approximate surface area is 141 Å². The van der Waals surface area contributed by atoms with E-state index >= 15 is 0 Å². The standard InChI is InChI=1S/C20H33NO2/c1-19(2,3)23-18(22)12-20(13-21)11-16-9-15(10-17(16)20)8-14-6-4-5-7-14/h10,14,16-17H,4-9,11-13,21H2,1-3H3/t16-,17-,20-/m1/s1. The lowest BCUT2D eigenvalue weighted by atomic mass is 9.53. The zero-order chi connectivity index (χ0) is 16.7. The Morgan fingerprint density at radius 2 is 2.04 bits per heavy atom. The van der Waals surface area contributed by atoms with Gasteiger partial charge in [0, 0.05) is 0 Å². The quantitative estimate of drug-likeness (QED) is 0.610. The molecule has 0 saturated heterocycles. The lowest BCUT2D eigenvalue weighted by molar-refractivity contribution is -0.162. The Kier molecular flexibility index (Phi) is 4.61. The monoisotopic (exact) mass is 319 g/mol. The van der Waals surface area contributed by atoms with Crippen LogP contribution in [0.3, 0.4) is 0 Å². The van der Waals surface area contributed by atoms with Crippen LogP contribution in [0, 0.1) is 23.2 Å². The van der Waals surface area contributed by atoms with Crippen LogP contribution in [0.2, 0.25) is 0 Å². The number of nitrogens with two attached hydrogens (primary N) is 1. The molecule has 2 fully saturated rings. The van der Waals surface area contributed by atoms with Crippen molar-refractivity contribution < 1.29 is 9.53 Å². The first kappa shape index (κ1) is 17.0. The van der Waals surface area contributed by atoms with Gasteiger partial charge in [0.05, 0.1) is 6.42 Å². The zero-order valence-corrected chi connectivity index (χ0v) is 15.1. The first-order chi connectivity index (χ1) is 10.8. The van der Waals surface area contributed by atoms with Gasteiger partial charge in [-0.25, -0.2) is 0 Å². The second kappa shape index (κ2) is 6.23. The summed E-state index contributed by atoms with van der Waals surface area (Å²) >= 11 is 0. The first-order valence-corrected chi connectivity index (χ1v) is 9.43. The maximum atomic E-state index is 12.3. The SMILES string of the molecule is CC(C)(C)OC(=O)C[C@@]1(CN)C[C@H]2CC(CC3CCCC3)=C[C@H]21. The van der Waals surface area contributed by atoms with Gasteiger partial charge in [0.2, 0.25) is 0 Å². The summed E-state index contributed by atoms with van der Waals surface area (Å²) in [7, 11) is 0. The third-order valence-electron chi connectivity index (χ3n) is 6.17. The molecule has 0 aromatic rings. The summed E-state index contributed by atoms with van der Waals surface area (Å²) in [6, 6.07) is 0. The van der Waals surface area contributed by atoms with Gasteiger partial charge < -0.3 is 10.5 Å². The minimum absolute atomic E-state index is 0.0373. The molecule has 3 aliphatic rings. The molecule has 0 unspecified atom stereocenters. The number of hydrogen-bond acceptors (Lipinski definition) is 3. The number of carbonyl (C=O) groups is 1. The highest BCUT2D eigenvalue weighted by Gasteiger charge is 2.55. The highest BCUT2D eigenvalue weighted by atomic mass is 16.6. The van der Waals surface area contributed by atoms with Crippen LogP contribution in [0.25, 0.3) is 0 Å². The zero-order valence-electron chi connectivity index (χ0n) is 15.1. The second-order valence-corrected chi connectivity index (χ2v) is 9.20. The van der Waals surface area contributed by atoms with Gasteiger partial charge in [0.1, 0.15) is 5.60 Å². The van der Waals surface area contributed by atoms with Crippen LogP contribution in [0.5, 0.6) is 0 Å². The van der Waals surface area contributed by atoms with E-state index < -0.39 is 5.60 Å². The number of carbonyl (C=O) groups excluding carboxylic acids is 1. The van der Waals surface area contributed by atoms with E-state index in [1.807, 2.05) is 20.8 Å². The Balaban J connectivity index is 1.61. The van der Waals surface area contributed by atoms with E-state index in [0.29, 0.717) is 18.9 Å². The largest absolute Gasteiger partial charge is 0.460 e. The van der Waals surface area contributed by atoms with Gasteiger partial charge in [-0.05, 0) is 69.7 Å². The number of ether oxygens (including phenoxy) is 1. The Morgan fingerprint density at radius 3 is 2.65 bits per heavy atom. The molecule has 0 aromatic heterocycles. The summed E-state index contributed by atoms with van der Waals surface area (Å²) in [5, 5.41) is 0. The van der Waals surface area contributed by atoms with Gasteiger partial charge in [-0.15, -0.1) is 0 Å². The molecule has 0 spiro atoms. The molecule has 3 rings (SSSR count). The first-order valence-electron chi connectivity index (χ1n) is 9.43. The van der Waals surface area contributed by atoms with Gasteiger partial charge in [0.25, 0.3) is 0 Å². The molecule has 0 bridgehead atoms. The molecule has 3 nitrogen and oxygen atoms in total. The number of esters is 1. The van der Waals surface area contributed by atoms with E-state index in [0.717, 1.165) is 18.3 Å². The molecule has 0 aliphatic heterocycles. The normalized spacial score (nSPS) is 34.0. The average Bonchev–Trinajstić information content (AvgIpc) is 3.04. The highest BCUT2D eigenvalue weighted by molar-refractivity contribution is 5.71. The predicted molar refractivity (Wildman–Crippen MR) is 92.8 cm³/mol. The maximum Gasteiger partial charge on any atom is 0.306 e. The van der Waals surface area contributed by atoms with Crippen molar-refractivity contribution in [2.24, 2.45) is 28.9 Å². The van der Waals surface area contributed by atoms with E-state index in [-0.39, 0.29) is 11.4 Å². The summed E-state index contributed by atoms with van der Waals surface area (Å²) in [5.74, 6) is 2.07. The minimum Gasteiger partial charge on any atom is -0.460 e. The number of hydrogen-bond donors (Lipinski definition) is 1. The highest BCUT2D eigenvalue weighted by Crippen LogP contribution is 2.60. The van der Waals surface area contributed by atoms with Crippen molar-refractivity contribution in [1.29, 1.82) is 0 Å². The van der Waals surface area contributed by atoms with E-state index in [1.165, 1.54) is 38.5 Å². The molecule has 0 heterocycles. The summed E-state index contributed by atoms with van der Waals surface area (Å²) in [5.41, 5.74) is 7.31. The summed E-state index contributed by atoms with van der Waals surface area (Å²) < 4.78 is 5.54. The molecule has 3 heteroatoms. The van der Waals surface area contributed by atoms with E-state index in [1.54, 1.807) is 5.57 Å². The van der Waals surface area contributed by atoms with Gasteiger partial charge in [0.15, 0.2) is 0 Å². The van der Waals surface area contributed by atoms with E-state index in [2.05, 4.69) is 6.08 Å². The summed E-state index contributed by atoms with van der Waals surface area (Å²) in [4.78, 5) is 12.3. The fourth-order valence-electron chi connectivity index (χ4n) is 5.18. The van der Waals surface area contributed by atoms with Gasteiger partial charge >= 0.3 is 5.97 Å². The molecule has 3 atom stereocenters. The van der Waals surface area contributed by atoms with Crippen molar-refractivity contribution in [3.63, 3.8) is 0 Å². The van der Waals surface area contributed by atoms with Gasteiger partial charge in [-0.2, -0.15) is 0 Å². The topological polar surface area (TPSA) is 52.3 Å². The van der Waals surface area contributed by atoms with Crippen LogP contribution >= 0.6 is 0 Å².